The summed E-state index contributed by atoms with van der Waals surface area (Å²) in [5.74, 6) is 0.271. The van der Waals surface area contributed by atoms with Crippen LogP contribution in [0.3, 0.4) is 0 Å². The van der Waals surface area contributed by atoms with Gasteiger partial charge in [-0.25, -0.2) is 4.79 Å². The number of amides is 3. The van der Waals surface area contributed by atoms with E-state index in [0.29, 0.717) is 36.8 Å². The first-order chi connectivity index (χ1) is 13.0. The first kappa shape index (κ1) is 19.2. The molecule has 3 N–H and O–H groups in total. The van der Waals surface area contributed by atoms with Crippen molar-refractivity contribution in [3.63, 3.8) is 0 Å². The minimum atomic E-state index is -0.301. The Hall–Kier alpha value is -2.57. The third-order valence-corrected chi connectivity index (χ3v) is 4.75. The highest BCUT2D eigenvalue weighted by Crippen LogP contribution is 2.17. The molecule has 1 aliphatic heterocycles. The Morgan fingerprint density at radius 3 is 2.30 bits per heavy atom. The molecule has 7 heteroatoms. The largest absolute Gasteiger partial charge is 0.396 e. The number of carbonyl (C=O) groups is 2. The van der Waals surface area contributed by atoms with Crippen LogP contribution in [-0.2, 0) is 17.8 Å². The average molecular weight is 388 g/mol. The maximum atomic E-state index is 12.1. The molecular formula is C20H22ClN3O3. The van der Waals surface area contributed by atoms with Crippen LogP contribution in [0.25, 0.3) is 0 Å². The van der Waals surface area contributed by atoms with E-state index >= 15 is 0 Å². The third kappa shape index (κ3) is 5.45. The van der Waals surface area contributed by atoms with Gasteiger partial charge in [-0.2, -0.15) is 0 Å². The molecule has 0 aromatic heterocycles. The fraction of sp³-hybridized carbons (Fsp3) is 0.300. The molecule has 0 aliphatic carbocycles. The summed E-state index contributed by atoms with van der Waals surface area (Å²) in [5, 5.41) is 15.2. The molecule has 27 heavy (non-hydrogen) atoms. The van der Waals surface area contributed by atoms with E-state index < -0.39 is 0 Å². The van der Waals surface area contributed by atoms with Gasteiger partial charge in [0.1, 0.15) is 0 Å². The van der Waals surface area contributed by atoms with E-state index in [-0.39, 0.29) is 24.5 Å². The molecule has 142 valence electrons. The Morgan fingerprint density at radius 2 is 1.67 bits per heavy atom. The fourth-order valence-corrected chi connectivity index (χ4v) is 2.97. The summed E-state index contributed by atoms with van der Waals surface area (Å²) in [5.41, 5.74) is 2.50. The quantitative estimate of drug-likeness (QED) is 0.712. The summed E-state index contributed by atoms with van der Waals surface area (Å²) >= 11 is 5.83. The van der Waals surface area contributed by atoms with Crippen LogP contribution in [0.15, 0.2) is 48.5 Å². The molecule has 1 fully saturated rings. The van der Waals surface area contributed by atoms with Crippen molar-refractivity contribution < 1.29 is 14.7 Å². The van der Waals surface area contributed by atoms with Crippen LogP contribution in [-0.4, -0.2) is 41.6 Å². The number of carbonyl (C=O) groups excluding carboxylic acids is 2. The standard InChI is InChI=1S/C20H22ClN3O3/c21-17-5-1-15(2-6-17)10-22-20(27)23-18-7-3-14(4-8-18)9-19(26)24-11-16(12-24)13-25/h1-8,16,25H,9-13H2,(H2,22,23,27). The normalized spacial score (nSPS) is 13.8. The number of nitrogens with zero attached hydrogens (tertiary/aromatic N) is 1. The molecule has 0 saturated carbocycles. The minimum Gasteiger partial charge on any atom is -0.396 e. The maximum absolute atomic E-state index is 12.1. The third-order valence-electron chi connectivity index (χ3n) is 4.50. The first-order valence-electron chi connectivity index (χ1n) is 8.80. The van der Waals surface area contributed by atoms with E-state index in [4.69, 9.17) is 16.7 Å². The second-order valence-corrected chi connectivity index (χ2v) is 7.09. The van der Waals surface area contributed by atoms with Gasteiger partial charge in [-0.05, 0) is 35.4 Å². The SMILES string of the molecule is O=C(NCc1ccc(Cl)cc1)Nc1ccc(CC(=O)N2CC(CO)C2)cc1. The van der Waals surface area contributed by atoms with Crippen molar-refractivity contribution in [3.05, 3.63) is 64.7 Å². The molecule has 2 aromatic carbocycles. The van der Waals surface area contributed by atoms with E-state index in [0.717, 1.165) is 11.1 Å². The van der Waals surface area contributed by atoms with Gasteiger partial charge in [-0.3, -0.25) is 4.79 Å². The number of benzene rings is 2. The lowest BCUT2D eigenvalue weighted by Gasteiger charge is -2.38. The van der Waals surface area contributed by atoms with Gasteiger partial charge >= 0.3 is 6.03 Å². The lowest BCUT2D eigenvalue weighted by molar-refractivity contribution is -0.137. The molecule has 2 aromatic rings. The summed E-state index contributed by atoms with van der Waals surface area (Å²) in [6.07, 6.45) is 0.321. The average Bonchev–Trinajstić information content (AvgIpc) is 2.62. The number of urea groups is 1. The summed E-state index contributed by atoms with van der Waals surface area (Å²) in [6.45, 7) is 1.79. The molecule has 0 unspecified atom stereocenters. The molecule has 0 bridgehead atoms. The van der Waals surface area contributed by atoms with E-state index in [9.17, 15) is 9.59 Å². The van der Waals surface area contributed by atoms with Gasteiger partial charge in [0.05, 0.1) is 6.42 Å². The van der Waals surface area contributed by atoms with Crippen LogP contribution in [0.4, 0.5) is 10.5 Å². The van der Waals surface area contributed by atoms with Crippen molar-refractivity contribution in [2.45, 2.75) is 13.0 Å². The molecule has 0 radical (unpaired) electrons. The highest BCUT2D eigenvalue weighted by atomic mass is 35.5. The lowest BCUT2D eigenvalue weighted by atomic mass is 10.00. The van der Waals surface area contributed by atoms with Crippen LogP contribution >= 0.6 is 11.6 Å². The number of likely N-dealkylation sites (tertiary alicyclic amines) is 1. The number of hydrogen-bond acceptors (Lipinski definition) is 3. The van der Waals surface area contributed by atoms with Crippen LogP contribution in [0.1, 0.15) is 11.1 Å². The summed E-state index contributed by atoms with van der Waals surface area (Å²) < 4.78 is 0. The topological polar surface area (TPSA) is 81.7 Å². The molecule has 0 spiro atoms. The van der Waals surface area contributed by atoms with E-state index in [1.54, 1.807) is 29.2 Å². The number of aliphatic hydroxyl groups is 1. The lowest BCUT2D eigenvalue weighted by Crippen LogP contribution is -2.51. The molecule has 1 aliphatic rings. The Bertz CT molecular complexity index is 787. The van der Waals surface area contributed by atoms with Gasteiger partial charge in [0.25, 0.3) is 0 Å². The second kappa shape index (κ2) is 8.88. The highest BCUT2D eigenvalue weighted by Gasteiger charge is 2.29. The molecule has 6 nitrogen and oxygen atoms in total. The molecule has 3 amide bonds. The Kier molecular flexibility index (Phi) is 6.32. The number of halogens is 1. The van der Waals surface area contributed by atoms with Crippen LogP contribution in [0.2, 0.25) is 5.02 Å². The maximum Gasteiger partial charge on any atom is 0.319 e. The van der Waals surface area contributed by atoms with Gasteiger partial charge in [0, 0.05) is 42.9 Å². The van der Waals surface area contributed by atoms with Crippen LogP contribution in [0, 0.1) is 5.92 Å². The monoisotopic (exact) mass is 387 g/mol. The van der Waals surface area contributed by atoms with Gasteiger partial charge in [-0.15, -0.1) is 0 Å². The first-order valence-corrected chi connectivity index (χ1v) is 9.18. The summed E-state index contributed by atoms with van der Waals surface area (Å²) in [6, 6.07) is 14.2. The zero-order valence-corrected chi connectivity index (χ0v) is 15.6. The van der Waals surface area contributed by atoms with Crippen molar-refractivity contribution in [3.8, 4) is 0 Å². The molecule has 1 saturated heterocycles. The summed E-state index contributed by atoms with van der Waals surface area (Å²) in [7, 11) is 0. The van der Waals surface area contributed by atoms with E-state index in [2.05, 4.69) is 10.6 Å². The van der Waals surface area contributed by atoms with Crippen LogP contribution < -0.4 is 10.6 Å². The molecule has 3 rings (SSSR count). The molecule has 0 atom stereocenters. The Morgan fingerprint density at radius 1 is 1.04 bits per heavy atom. The zero-order valence-electron chi connectivity index (χ0n) is 14.8. The van der Waals surface area contributed by atoms with Gasteiger partial charge in [0.15, 0.2) is 0 Å². The fourth-order valence-electron chi connectivity index (χ4n) is 2.84. The van der Waals surface area contributed by atoms with Crippen molar-refractivity contribution in [1.82, 2.24) is 10.2 Å². The van der Waals surface area contributed by atoms with Crippen molar-refractivity contribution >= 4 is 29.2 Å². The predicted molar refractivity (Wildman–Crippen MR) is 105 cm³/mol. The molecular weight excluding hydrogens is 366 g/mol. The van der Waals surface area contributed by atoms with Gasteiger partial charge in [0.2, 0.25) is 5.91 Å². The number of aliphatic hydroxyl groups excluding tert-OH is 1. The molecule has 1 heterocycles. The minimum absolute atomic E-state index is 0.0566. The van der Waals surface area contributed by atoms with E-state index in [1.165, 1.54) is 0 Å². The van der Waals surface area contributed by atoms with E-state index in [1.807, 2.05) is 24.3 Å². The number of anilines is 1. The Balaban J connectivity index is 1.43. The zero-order chi connectivity index (χ0) is 19.2. The van der Waals surface area contributed by atoms with Crippen molar-refractivity contribution in [2.75, 3.05) is 25.0 Å². The smallest absolute Gasteiger partial charge is 0.319 e. The number of nitrogens with one attached hydrogen (secondary N) is 2. The van der Waals surface area contributed by atoms with Crippen LogP contribution in [0.5, 0.6) is 0 Å². The number of rotatable bonds is 6. The Labute approximate surface area is 163 Å². The predicted octanol–water partition coefficient (Wildman–Crippen LogP) is 2.65. The summed E-state index contributed by atoms with van der Waals surface area (Å²) in [4.78, 5) is 25.8. The van der Waals surface area contributed by atoms with Crippen molar-refractivity contribution in [2.24, 2.45) is 5.92 Å². The number of hydrogen-bond donors (Lipinski definition) is 3. The van der Waals surface area contributed by atoms with Gasteiger partial charge < -0.3 is 20.6 Å². The second-order valence-electron chi connectivity index (χ2n) is 6.66. The van der Waals surface area contributed by atoms with Crippen molar-refractivity contribution in [1.29, 1.82) is 0 Å². The highest BCUT2D eigenvalue weighted by molar-refractivity contribution is 6.30. The van der Waals surface area contributed by atoms with Gasteiger partial charge in [-0.1, -0.05) is 35.9 Å².